The molecule has 8 heteroatoms. The van der Waals surface area contributed by atoms with E-state index in [0.29, 0.717) is 29.8 Å². The Labute approximate surface area is 157 Å². The Kier molecular flexibility index (Phi) is 6.24. The van der Waals surface area contributed by atoms with Gasteiger partial charge in [0.15, 0.2) is 5.13 Å². The van der Waals surface area contributed by atoms with Crippen LogP contribution in [0.5, 0.6) is 0 Å². The molecule has 3 amide bonds. The molecule has 1 aliphatic carbocycles. The highest BCUT2D eigenvalue weighted by molar-refractivity contribution is 7.14. The summed E-state index contributed by atoms with van der Waals surface area (Å²) in [5.74, 6) is 0.0715. The second-order valence-electron chi connectivity index (χ2n) is 7.13. The molecule has 2 heterocycles. The van der Waals surface area contributed by atoms with E-state index in [0.717, 1.165) is 38.5 Å². The number of rotatable bonds is 4. The van der Waals surface area contributed by atoms with Gasteiger partial charge in [-0.15, -0.1) is 11.3 Å². The Hall–Kier alpha value is -1.96. The monoisotopic (exact) mass is 378 g/mol. The SMILES string of the molecule is CC(=O)Nc1nc(C(=O)NC2CCN(C(=O)C3CCCCC3)CC2)cs1. The molecule has 142 valence electrons. The first-order chi connectivity index (χ1) is 12.5. The maximum atomic E-state index is 12.6. The summed E-state index contributed by atoms with van der Waals surface area (Å²) in [7, 11) is 0. The van der Waals surface area contributed by atoms with Gasteiger partial charge in [0.05, 0.1) is 0 Å². The Balaban J connectivity index is 1.46. The molecule has 2 fully saturated rings. The molecule has 0 bridgehead atoms. The van der Waals surface area contributed by atoms with E-state index in [1.807, 2.05) is 4.90 Å². The zero-order valence-corrected chi connectivity index (χ0v) is 15.9. The van der Waals surface area contributed by atoms with E-state index >= 15 is 0 Å². The topological polar surface area (TPSA) is 91.4 Å². The molecule has 0 aromatic carbocycles. The lowest BCUT2D eigenvalue weighted by Gasteiger charge is -2.35. The fraction of sp³-hybridized carbons (Fsp3) is 0.667. The molecule has 0 unspecified atom stereocenters. The summed E-state index contributed by atoms with van der Waals surface area (Å²) in [6.07, 6.45) is 7.16. The number of aromatic nitrogens is 1. The van der Waals surface area contributed by atoms with Crippen LogP contribution in [0.4, 0.5) is 5.13 Å². The molecule has 0 spiro atoms. The van der Waals surface area contributed by atoms with Crippen LogP contribution in [0.15, 0.2) is 5.38 Å². The summed E-state index contributed by atoms with van der Waals surface area (Å²) >= 11 is 1.23. The van der Waals surface area contributed by atoms with E-state index in [9.17, 15) is 14.4 Å². The predicted molar refractivity (Wildman–Crippen MR) is 100 cm³/mol. The lowest BCUT2D eigenvalue weighted by atomic mass is 9.87. The number of nitrogens with zero attached hydrogens (tertiary/aromatic N) is 2. The molecule has 1 saturated carbocycles. The summed E-state index contributed by atoms with van der Waals surface area (Å²) in [6.45, 7) is 2.81. The maximum Gasteiger partial charge on any atom is 0.271 e. The fourth-order valence-electron chi connectivity index (χ4n) is 3.70. The number of likely N-dealkylation sites (tertiary alicyclic amines) is 1. The molecule has 2 N–H and O–H groups in total. The van der Waals surface area contributed by atoms with Gasteiger partial charge in [-0.05, 0) is 25.7 Å². The van der Waals surface area contributed by atoms with Crippen molar-refractivity contribution in [3.05, 3.63) is 11.1 Å². The third-order valence-corrected chi connectivity index (χ3v) is 5.87. The molecule has 26 heavy (non-hydrogen) atoms. The fourth-order valence-corrected chi connectivity index (χ4v) is 4.43. The second-order valence-corrected chi connectivity index (χ2v) is 7.99. The maximum absolute atomic E-state index is 12.6. The van der Waals surface area contributed by atoms with Crippen molar-refractivity contribution in [1.29, 1.82) is 0 Å². The van der Waals surface area contributed by atoms with Crippen molar-refractivity contribution in [2.75, 3.05) is 18.4 Å². The highest BCUT2D eigenvalue weighted by Crippen LogP contribution is 2.26. The van der Waals surface area contributed by atoms with E-state index in [2.05, 4.69) is 15.6 Å². The molecular weight excluding hydrogens is 352 g/mol. The van der Waals surface area contributed by atoms with Crippen LogP contribution in [0.3, 0.4) is 0 Å². The van der Waals surface area contributed by atoms with Crippen molar-refractivity contribution in [3.63, 3.8) is 0 Å². The van der Waals surface area contributed by atoms with E-state index in [1.54, 1.807) is 5.38 Å². The largest absolute Gasteiger partial charge is 0.348 e. The number of hydrogen-bond donors (Lipinski definition) is 2. The van der Waals surface area contributed by atoms with Gasteiger partial charge < -0.3 is 15.5 Å². The first-order valence-corrected chi connectivity index (χ1v) is 10.2. The van der Waals surface area contributed by atoms with Crippen LogP contribution in [0.1, 0.15) is 62.4 Å². The van der Waals surface area contributed by atoms with Gasteiger partial charge in [-0.25, -0.2) is 4.98 Å². The van der Waals surface area contributed by atoms with Crippen molar-refractivity contribution >= 4 is 34.2 Å². The van der Waals surface area contributed by atoms with Gasteiger partial charge in [0.25, 0.3) is 5.91 Å². The van der Waals surface area contributed by atoms with Crippen LogP contribution in [0, 0.1) is 5.92 Å². The Morgan fingerprint density at radius 3 is 2.46 bits per heavy atom. The van der Waals surface area contributed by atoms with E-state index in [4.69, 9.17) is 0 Å². The number of carbonyl (C=O) groups is 3. The average molecular weight is 378 g/mol. The molecule has 0 atom stereocenters. The zero-order chi connectivity index (χ0) is 18.5. The van der Waals surface area contributed by atoms with Crippen molar-refractivity contribution in [2.24, 2.45) is 5.92 Å². The summed E-state index contributed by atoms with van der Waals surface area (Å²) < 4.78 is 0. The zero-order valence-electron chi connectivity index (χ0n) is 15.1. The van der Waals surface area contributed by atoms with E-state index < -0.39 is 0 Å². The summed E-state index contributed by atoms with van der Waals surface area (Å²) in [6, 6.07) is 0.0591. The van der Waals surface area contributed by atoms with Crippen LogP contribution < -0.4 is 10.6 Å². The normalized spacial score (nSPS) is 19.2. The molecule has 1 aromatic rings. The molecule has 2 aliphatic rings. The highest BCUT2D eigenvalue weighted by atomic mass is 32.1. The Bertz CT molecular complexity index is 661. The molecule has 1 saturated heterocycles. The number of piperidine rings is 1. The van der Waals surface area contributed by atoms with Crippen molar-refractivity contribution in [2.45, 2.75) is 57.9 Å². The van der Waals surface area contributed by atoms with Gasteiger partial charge in [0, 0.05) is 37.4 Å². The third kappa shape index (κ3) is 4.81. The van der Waals surface area contributed by atoms with E-state index in [-0.39, 0.29) is 23.8 Å². The minimum atomic E-state index is -0.227. The minimum absolute atomic E-state index is 0.0591. The van der Waals surface area contributed by atoms with Gasteiger partial charge in [-0.1, -0.05) is 19.3 Å². The smallest absolute Gasteiger partial charge is 0.271 e. The number of thiazole rings is 1. The molecule has 0 radical (unpaired) electrons. The average Bonchev–Trinajstić information content (AvgIpc) is 3.10. The van der Waals surface area contributed by atoms with Crippen molar-refractivity contribution in [1.82, 2.24) is 15.2 Å². The van der Waals surface area contributed by atoms with Crippen molar-refractivity contribution in [3.8, 4) is 0 Å². The van der Waals surface area contributed by atoms with Crippen LogP contribution in [-0.2, 0) is 9.59 Å². The van der Waals surface area contributed by atoms with Crippen LogP contribution >= 0.6 is 11.3 Å². The van der Waals surface area contributed by atoms with Crippen LogP contribution in [0.2, 0.25) is 0 Å². The standard InChI is InChI=1S/C18H26N4O3S/c1-12(23)19-18-21-15(11-26-18)16(24)20-14-7-9-22(10-8-14)17(25)13-5-3-2-4-6-13/h11,13-14H,2-10H2,1H3,(H,20,24)(H,19,21,23). The van der Waals surface area contributed by atoms with Gasteiger partial charge in [0.2, 0.25) is 11.8 Å². The number of nitrogens with one attached hydrogen (secondary N) is 2. The first-order valence-electron chi connectivity index (χ1n) is 9.35. The summed E-state index contributed by atoms with van der Waals surface area (Å²) in [4.78, 5) is 42.0. The molecule has 1 aromatic heterocycles. The molecule has 3 rings (SSSR count). The number of hydrogen-bond acceptors (Lipinski definition) is 5. The highest BCUT2D eigenvalue weighted by Gasteiger charge is 2.29. The minimum Gasteiger partial charge on any atom is -0.348 e. The lowest BCUT2D eigenvalue weighted by molar-refractivity contribution is -0.137. The predicted octanol–water partition coefficient (Wildman–Crippen LogP) is 2.40. The Morgan fingerprint density at radius 2 is 1.81 bits per heavy atom. The summed E-state index contributed by atoms with van der Waals surface area (Å²) in [5, 5.41) is 7.64. The number of amides is 3. The van der Waals surface area contributed by atoms with Gasteiger partial charge in [-0.2, -0.15) is 0 Å². The van der Waals surface area contributed by atoms with Crippen LogP contribution in [0.25, 0.3) is 0 Å². The van der Waals surface area contributed by atoms with Crippen molar-refractivity contribution < 1.29 is 14.4 Å². The molecule has 1 aliphatic heterocycles. The van der Waals surface area contributed by atoms with Gasteiger partial charge in [0.1, 0.15) is 5.69 Å². The summed E-state index contributed by atoms with van der Waals surface area (Å²) in [5.41, 5.74) is 0.319. The molecular formula is C18H26N4O3S. The number of anilines is 1. The second kappa shape index (κ2) is 8.62. The number of carbonyl (C=O) groups excluding carboxylic acids is 3. The van der Waals surface area contributed by atoms with Gasteiger partial charge >= 0.3 is 0 Å². The third-order valence-electron chi connectivity index (χ3n) is 5.12. The quantitative estimate of drug-likeness (QED) is 0.842. The van der Waals surface area contributed by atoms with Gasteiger partial charge in [-0.3, -0.25) is 14.4 Å². The Morgan fingerprint density at radius 1 is 1.12 bits per heavy atom. The van der Waals surface area contributed by atoms with E-state index in [1.165, 1.54) is 24.7 Å². The first kappa shape index (κ1) is 18.8. The van der Waals surface area contributed by atoms with Crippen LogP contribution in [-0.4, -0.2) is 46.7 Å². The lowest BCUT2D eigenvalue weighted by Crippen LogP contribution is -2.48. The molecule has 7 nitrogen and oxygen atoms in total.